The van der Waals surface area contributed by atoms with Crippen molar-refractivity contribution in [1.29, 1.82) is 5.26 Å². The SMILES string of the molecule is N#Cc1ccc(-c2cn(SI)c3ncc(-c4ccc(CN5CCCC(O)C5)cc4)cc23)cc1. The number of benzene rings is 2. The molecule has 1 atom stereocenters. The zero-order valence-corrected chi connectivity index (χ0v) is 21.0. The molecule has 5 nitrogen and oxygen atoms in total. The Morgan fingerprint density at radius 3 is 2.55 bits per heavy atom. The van der Waals surface area contributed by atoms with E-state index in [0.717, 1.165) is 65.8 Å². The molecular formula is C26H23IN4OS. The van der Waals surface area contributed by atoms with Gasteiger partial charge in [-0.05, 0) is 54.3 Å². The van der Waals surface area contributed by atoms with Crippen LogP contribution in [0.5, 0.6) is 0 Å². The average molecular weight is 566 g/mol. The summed E-state index contributed by atoms with van der Waals surface area (Å²) in [6, 6.07) is 20.7. The molecule has 1 aliphatic rings. The molecule has 1 unspecified atom stereocenters. The number of halogens is 1. The first kappa shape index (κ1) is 22.4. The van der Waals surface area contributed by atoms with Gasteiger partial charge in [-0.25, -0.2) is 4.98 Å². The second kappa shape index (κ2) is 9.85. The Labute approximate surface area is 209 Å². The first-order chi connectivity index (χ1) is 16.1. The molecule has 2 aromatic heterocycles. The van der Waals surface area contributed by atoms with Gasteiger partial charge in [0.2, 0.25) is 0 Å². The van der Waals surface area contributed by atoms with Crippen molar-refractivity contribution >= 4 is 41.4 Å². The second-order valence-corrected chi connectivity index (χ2v) is 10.2. The quantitative estimate of drug-likeness (QED) is 0.298. The van der Waals surface area contributed by atoms with Crippen LogP contribution in [0.3, 0.4) is 0 Å². The van der Waals surface area contributed by atoms with E-state index in [0.29, 0.717) is 5.56 Å². The molecule has 0 amide bonds. The maximum atomic E-state index is 9.92. The molecule has 1 saturated heterocycles. The van der Waals surface area contributed by atoms with Gasteiger partial charge in [0.1, 0.15) is 0 Å². The number of fused-ring (bicyclic) bond motifs is 1. The second-order valence-electron chi connectivity index (χ2n) is 8.45. The fourth-order valence-corrected chi connectivity index (χ4v) is 5.74. The topological polar surface area (TPSA) is 65.1 Å². The van der Waals surface area contributed by atoms with Gasteiger partial charge in [-0.1, -0.05) is 36.4 Å². The van der Waals surface area contributed by atoms with E-state index in [9.17, 15) is 5.11 Å². The summed E-state index contributed by atoms with van der Waals surface area (Å²) in [5.74, 6) is 0. The molecule has 0 aliphatic carbocycles. The van der Waals surface area contributed by atoms with Gasteiger partial charge in [0.15, 0.2) is 5.65 Å². The maximum Gasteiger partial charge on any atom is 0.151 e. The number of rotatable bonds is 5. The standard InChI is InChI=1S/C26H23IN4OS/c27-33-31-17-25(21-9-3-18(13-28)4-10-21)24-12-22(14-29-26(24)31)20-7-5-19(6-8-20)15-30-11-1-2-23(32)16-30/h3-10,12,14,17,23,32H,1-2,11,15-16H2. The number of hydrogen-bond acceptors (Lipinski definition) is 5. The summed E-state index contributed by atoms with van der Waals surface area (Å²) >= 11 is 2.27. The molecule has 0 spiro atoms. The molecule has 2 aromatic carbocycles. The summed E-state index contributed by atoms with van der Waals surface area (Å²) in [7, 11) is 1.59. The predicted molar refractivity (Wildman–Crippen MR) is 143 cm³/mol. The van der Waals surface area contributed by atoms with E-state index < -0.39 is 0 Å². The zero-order valence-electron chi connectivity index (χ0n) is 18.0. The van der Waals surface area contributed by atoms with E-state index in [-0.39, 0.29) is 6.10 Å². The monoisotopic (exact) mass is 566 g/mol. The Kier molecular flexibility index (Phi) is 6.69. The Bertz CT molecular complexity index is 1310. The van der Waals surface area contributed by atoms with E-state index in [4.69, 9.17) is 10.2 Å². The van der Waals surface area contributed by atoms with Crippen molar-refractivity contribution in [3.05, 3.63) is 78.1 Å². The number of β-amino-alcohol motifs (C(OH)–C–C–N with tert-alkyl or cyclic N) is 1. The molecule has 33 heavy (non-hydrogen) atoms. The fourth-order valence-electron chi connectivity index (χ4n) is 4.48. The van der Waals surface area contributed by atoms with E-state index in [1.54, 1.807) is 9.12 Å². The Balaban J connectivity index is 1.45. The lowest BCUT2D eigenvalue weighted by Crippen LogP contribution is -2.37. The predicted octanol–water partition coefficient (Wildman–Crippen LogP) is 6.04. The molecular weight excluding hydrogens is 543 g/mol. The van der Waals surface area contributed by atoms with Crippen LogP contribution in [0.25, 0.3) is 33.3 Å². The van der Waals surface area contributed by atoms with Crippen LogP contribution < -0.4 is 0 Å². The van der Waals surface area contributed by atoms with Crippen LogP contribution in [0.2, 0.25) is 0 Å². The molecule has 1 aliphatic heterocycles. The highest BCUT2D eigenvalue weighted by atomic mass is 127. The number of pyridine rings is 1. The summed E-state index contributed by atoms with van der Waals surface area (Å²) in [6.45, 7) is 2.67. The van der Waals surface area contributed by atoms with Crippen molar-refractivity contribution in [2.24, 2.45) is 0 Å². The highest BCUT2D eigenvalue weighted by molar-refractivity contribution is 14.2. The van der Waals surface area contributed by atoms with E-state index in [2.05, 4.69) is 72.7 Å². The first-order valence-corrected chi connectivity index (χ1v) is 14.3. The molecule has 0 bridgehead atoms. The number of aromatic nitrogens is 2. The van der Waals surface area contributed by atoms with Crippen molar-refractivity contribution in [3.8, 4) is 28.3 Å². The van der Waals surface area contributed by atoms with Crippen molar-refractivity contribution in [2.75, 3.05) is 13.1 Å². The number of hydrogen-bond donors (Lipinski definition) is 1. The highest BCUT2D eigenvalue weighted by Gasteiger charge is 2.18. The van der Waals surface area contributed by atoms with Crippen LogP contribution in [-0.4, -0.2) is 38.2 Å². The van der Waals surface area contributed by atoms with Crippen LogP contribution in [0, 0.1) is 11.3 Å². The number of nitriles is 1. The number of nitrogens with zero attached hydrogens (tertiary/aromatic N) is 4. The number of aliphatic hydroxyl groups excluding tert-OH is 1. The summed E-state index contributed by atoms with van der Waals surface area (Å²) in [5, 5.41) is 20.1. The summed E-state index contributed by atoms with van der Waals surface area (Å²) in [4.78, 5) is 7.11. The highest BCUT2D eigenvalue weighted by Crippen LogP contribution is 2.36. The van der Waals surface area contributed by atoms with Gasteiger partial charge in [-0.15, -0.1) is 0 Å². The Morgan fingerprint density at radius 2 is 1.85 bits per heavy atom. The Morgan fingerprint density at radius 1 is 1.09 bits per heavy atom. The molecule has 7 heteroatoms. The third-order valence-corrected chi connectivity index (χ3v) is 7.89. The first-order valence-electron chi connectivity index (χ1n) is 10.9. The minimum Gasteiger partial charge on any atom is -0.392 e. The lowest BCUT2D eigenvalue weighted by molar-refractivity contribution is 0.0668. The number of aliphatic hydroxyl groups is 1. The fraction of sp³-hybridized carbons (Fsp3) is 0.231. The summed E-state index contributed by atoms with van der Waals surface area (Å²) in [5.41, 5.74) is 7.23. The molecule has 4 aromatic rings. The van der Waals surface area contributed by atoms with Crippen molar-refractivity contribution in [1.82, 2.24) is 13.9 Å². The van der Waals surface area contributed by atoms with E-state index in [1.807, 2.05) is 30.5 Å². The van der Waals surface area contributed by atoms with Crippen LogP contribution in [0.15, 0.2) is 67.0 Å². The van der Waals surface area contributed by atoms with E-state index >= 15 is 0 Å². The number of likely N-dealkylation sites (tertiary alicyclic amines) is 1. The van der Waals surface area contributed by atoms with Crippen LogP contribution >= 0.6 is 30.3 Å². The minimum absolute atomic E-state index is 0.200. The summed E-state index contributed by atoms with van der Waals surface area (Å²) < 4.78 is 2.07. The van der Waals surface area contributed by atoms with Gasteiger partial charge in [0, 0.05) is 72.3 Å². The smallest absolute Gasteiger partial charge is 0.151 e. The molecule has 166 valence electrons. The van der Waals surface area contributed by atoms with Gasteiger partial charge < -0.3 is 5.11 Å². The number of piperidine rings is 1. The van der Waals surface area contributed by atoms with Gasteiger partial charge in [0.05, 0.1) is 17.7 Å². The minimum atomic E-state index is -0.200. The van der Waals surface area contributed by atoms with Crippen molar-refractivity contribution in [3.63, 3.8) is 0 Å². The van der Waals surface area contributed by atoms with Gasteiger partial charge >= 0.3 is 0 Å². The van der Waals surface area contributed by atoms with Gasteiger partial charge in [0.25, 0.3) is 0 Å². The van der Waals surface area contributed by atoms with Crippen LogP contribution in [0.4, 0.5) is 0 Å². The van der Waals surface area contributed by atoms with Crippen LogP contribution in [0.1, 0.15) is 24.0 Å². The third-order valence-electron chi connectivity index (χ3n) is 6.19. The largest absolute Gasteiger partial charge is 0.392 e. The zero-order chi connectivity index (χ0) is 22.8. The Hall–Kier alpha value is -2.38. The normalized spacial score (nSPS) is 16.7. The summed E-state index contributed by atoms with van der Waals surface area (Å²) in [6.07, 6.45) is 5.81. The van der Waals surface area contributed by atoms with Gasteiger partial charge in [-0.3, -0.25) is 8.87 Å². The maximum absolute atomic E-state index is 9.92. The third kappa shape index (κ3) is 4.80. The van der Waals surface area contributed by atoms with Crippen LogP contribution in [-0.2, 0) is 6.54 Å². The average Bonchev–Trinajstić information content (AvgIpc) is 3.22. The van der Waals surface area contributed by atoms with Crippen molar-refractivity contribution in [2.45, 2.75) is 25.5 Å². The molecule has 1 N–H and O–H groups in total. The van der Waals surface area contributed by atoms with Crippen molar-refractivity contribution < 1.29 is 5.11 Å². The molecule has 3 heterocycles. The van der Waals surface area contributed by atoms with E-state index in [1.165, 1.54) is 5.56 Å². The molecule has 0 radical (unpaired) electrons. The lowest BCUT2D eigenvalue weighted by Gasteiger charge is -2.29. The van der Waals surface area contributed by atoms with Gasteiger partial charge in [-0.2, -0.15) is 5.26 Å². The molecule has 0 saturated carbocycles. The molecule has 5 rings (SSSR count). The lowest BCUT2D eigenvalue weighted by atomic mass is 10.0. The molecule has 1 fully saturated rings.